The van der Waals surface area contributed by atoms with Crippen LogP contribution in [0.3, 0.4) is 0 Å². The van der Waals surface area contributed by atoms with E-state index in [0.29, 0.717) is 18.9 Å². The van der Waals surface area contributed by atoms with Crippen molar-refractivity contribution in [2.75, 3.05) is 13.1 Å². The molecule has 0 spiro atoms. The predicted octanol–water partition coefficient (Wildman–Crippen LogP) is 3.43. The lowest BCUT2D eigenvalue weighted by atomic mass is 9.96. The average molecular weight is 475 g/mol. The summed E-state index contributed by atoms with van der Waals surface area (Å²) in [6, 6.07) is 10.1. The van der Waals surface area contributed by atoms with Gasteiger partial charge >= 0.3 is 0 Å². The van der Waals surface area contributed by atoms with Crippen LogP contribution in [0.1, 0.15) is 31.4 Å². The van der Waals surface area contributed by atoms with Crippen LogP contribution in [0.4, 0.5) is 8.78 Å². The standard InChI is InChI=1S/C23H24F2N4O3S/c1-16(17-2-4-19(5-3-17)28-13-10-26-15-28)27-23(30)18-8-11-29(12-9-18)33(31,32)20-6-7-21(24)22(25)14-20/h2-7,10,13-16,18H,8-9,11-12H2,1H3,(H,27,30)/t16-/m1/s1. The average Bonchev–Trinajstić information content (AvgIpc) is 3.36. The van der Waals surface area contributed by atoms with Crippen LogP contribution in [0.2, 0.25) is 0 Å². The number of benzene rings is 2. The van der Waals surface area contributed by atoms with Crippen molar-refractivity contribution in [1.82, 2.24) is 19.2 Å². The monoisotopic (exact) mass is 474 g/mol. The van der Waals surface area contributed by atoms with Crippen LogP contribution in [0.15, 0.2) is 66.1 Å². The Labute approximate surface area is 191 Å². The summed E-state index contributed by atoms with van der Waals surface area (Å²) < 4.78 is 55.2. The summed E-state index contributed by atoms with van der Waals surface area (Å²) in [5.74, 6) is -2.77. The van der Waals surface area contributed by atoms with Gasteiger partial charge in [-0.1, -0.05) is 12.1 Å². The number of halogens is 2. The maximum Gasteiger partial charge on any atom is 0.243 e. The second kappa shape index (κ2) is 9.40. The van der Waals surface area contributed by atoms with Gasteiger partial charge in [0.1, 0.15) is 0 Å². The van der Waals surface area contributed by atoms with Gasteiger partial charge in [-0.25, -0.2) is 22.2 Å². The summed E-state index contributed by atoms with van der Waals surface area (Å²) in [4.78, 5) is 16.5. The van der Waals surface area contributed by atoms with E-state index in [1.165, 1.54) is 4.31 Å². The molecule has 1 N–H and O–H groups in total. The van der Waals surface area contributed by atoms with Crippen molar-refractivity contribution in [2.45, 2.75) is 30.7 Å². The zero-order valence-corrected chi connectivity index (χ0v) is 18.8. The molecule has 0 radical (unpaired) electrons. The van der Waals surface area contributed by atoms with Crippen molar-refractivity contribution in [3.05, 3.63) is 78.4 Å². The van der Waals surface area contributed by atoms with Crippen molar-refractivity contribution in [3.63, 3.8) is 0 Å². The van der Waals surface area contributed by atoms with Gasteiger partial charge in [0.2, 0.25) is 15.9 Å². The smallest absolute Gasteiger partial charge is 0.243 e. The normalized spacial score (nSPS) is 16.5. The van der Waals surface area contributed by atoms with E-state index in [0.717, 1.165) is 23.4 Å². The number of imidazole rings is 1. The highest BCUT2D eigenvalue weighted by atomic mass is 32.2. The van der Waals surface area contributed by atoms with Gasteiger partial charge in [-0.3, -0.25) is 4.79 Å². The van der Waals surface area contributed by atoms with Crippen LogP contribution in [-0.4, -0.2) is 41.3 Å². The lowest BCUT2D eigenvalue weighted by molar-refractivity contribution is -0.126. The maximum atomic E-state index is 13.5. The number of piperidine rings is 1. The molecule has 2 heterocycles. The molecule has 0 bridgehead atoms. The third kappa shape index (κ3) is 4.96. The SMILES string of the molecule is C[C@@H](NC(=O)C1CCN(S(=O)(=O)c2ccc(F)c(F)c2)CC1)c1ccc(-n2ccnc2)cc1. The number of aromatic nitrogens is 2. The first-order chi connectivity index (χ1) is 15.8. The first kappa shape index (κ1) is 23.1. The molecule has 7 nitrogen and oxygen atoms in total. The van der Waals surface area contributed by atoms with E-state index in [1.54, 1.807) is 12.5 Å². The molecular formula is C23H24F2N4O3S. The second-order valence-electron chi connectivity index (χ2n) is 8.05. The summed E-state index contributed by atoms with van der Waals surface area (Å²) in [6.07, 6.45) is 5.95. The molecule has 10 heteroatoms. The van der Waals surface area contributed by atoms with Crippen LogP contribution < -0.4 is 5.32 Å². The molecule has 33 heavy (non-hydrogen) atoms. The number of hydrogen-bond donors (Lipinski definition) is 1. The molecule has 3 aromatic rings. The summed E-state index contributed by atoms with van der Waals surface area (Å²) in [5, 5.41) is 3.00. The van der Waals surface area contributed by atoms with E-state index in [9.17, 15) is 22.0 Å². The van der Waals surface area contributed by atoms with Crippen LogP contribution in [-0.2, 0) is 14.8 Å². The number of nitrogens with one attached hydrogen (secondary N) is 1. The quantitative estimate of drug-likeness (QED) is 0.593. The fraction of sp³-hybridized carbons (Fsp3) is 0.304. The molecule has 1 aromatic heterocycles. The lowest BCUT2D eigenvalue weighted by Gasteiger charge is -2.31. The Hall–Kier alpha value is -3.11. The third-order valence-corrected chi connectivity index (χ3v) is 7.80. The number of rotatable bonds is 6. The van der Waals surface area contributed by atoms with E-state index in [-0.39, 0.29) is 35.9 Å². The topological polar surface area (TPSA) is 84.3 Å². The molecule has 1 amide bonds. The molecule has 1 aliphatic heterocycles. The number of sulfonamides is 1. The zero-order valence-electron chi connectivity index (χ0n) is 18.0. The Morgan fingerprint density at radius 1 is 1.09 bits per heavy atom. The number of carbonyl (C=O) groups is 1. The van der Waals surface area contributed by atoms with E-state index < -0.39 is 21.7 Å². The fourth-order valence-electron chi connectivity index (χ4n) is 3.91. The molecular weight excluding hydrogens is 450 g/mol. The third-order valence-electron chi connectivity index (χ3n) is 5.91. The van der Waals surface area contributed by atoms with Gasteiger partial charge in [0.15, 0.2) is 11.6 Å². The van der Waals surface area contributed by atoms with Crippen molar-refractivity contribution in [3.8, 4) is 5.69 Å². The summed E-state index contributed by atoms with van der Waals surface area (Å²) in [5.41, 5.74) is 1.91. The Bertz CT molecular complexity index is 1220. The van der Waals surface area contributed by atoms with Gasteiger partial charge < -0.3 is 9.88 Å². The Balaban J connectivity index is 1.34. The lowest BCUT2D eigenvalue weighted by Crippen LogP contribution is -2.43. The summed E-state index contributed by atoms with van der Waals surface area (Å²) >= 11 is 0. The number of carbonyl (C=O) groups excluding carboxylic acids is 1. The van der Waals surface area contributed by atoms with Gasteiger partial charge in [0.25, 0.3) is 0 Å². The van der Waals surface area contributed by atoms with Crippen molar-refractivity contribution in [2.24, 2.45) is 5.92 Å². The zero-order chi connectivity index (χ0) is 23.6. The highest BCUT2D eigenvalue weighted by Gasteiger charge is 2.33. The second-order valence-corrected chi connectivity index (χ2v) is 9.98. The van der Waals surface area contributed by atoms with Crippen LogP contribution in [0.5, 0.6) is 0 Å². The van der Waals surface area contributed by atoms with Crippen molar-refractivity contribution >= 4 is 15.9 Å². The minimum Gasteiger partial charge on any atom is -0.349 e. The fourth-order valence-corrected chi connectivity index (χ4v) is 5.39. The first-order valence-corrected chi connectivity index (χ1v) is 12.0. The van der Waals surface area contributed by atoms with Gasteiger partial charge in [0.05, 0.1) is 17.3 Å². The molecule has 174 valence electrons. The van der Waals surface area contributed by atoms with Crippen molar-refractivity contribution < 1.29 is 22.0 Å². The molecule has 1 aliphatic rings. The highest BCUT2D eigenvalue weighted by molar-refractivity contribution is 7.89. The number of hydrogen-bond acceptors (Lipinski definition) is 4. The molecule has 0 aliphatic carbocycles. The van der Waals surface area contributed by atoms with E-state index in [1.807, 2.05) is 42.0 Å². The van der Waals surface area contributed by atoms with Gasteiger partial charge in [-0.2, -0.15) is 4.31 Å². The van der Waals surface area contributed by atoms with Crippen molar-refractivity contribution in [1.29, 1.82) is 0 Å². The van der Waals surface area contributed by atoms with E-state index in [2.05, 4.69) is 10.3 Å². The van der Waals surface area contributed by atoms with E-state index >= 15 is 0 Å². The van der Waals surface area contributed by atoms with E-state index in [4.69, 9.17) is 0 Å². The van der Waals surface area contributed by atoms with Crippen LogP contribution >= 0.6 is 0 Å². The molecule has 0 saturated carbocycles. The highest BCUT2D eigenvalue weighted by Crippen LogP contribution is 2.26. The Morgan fingerprint density at radius 2 is 1.79 bits per heavy atom. The van der Waals surface area contributed by atoms with Gasteiger partial charge in [0, 0.05) is 37.1 Å². The molecule has 2 aromatic carbocycles. The summed E-state index contributed by atoms with van der Waals surface area (Å²) in [6.45, 7) is 2.16. The largest absolute Gasteiger partial charge is 0.349 e. The first-order valence-electron chi connectivity index (χ1n) is 10.6. The Morgan fingerprint density at radius 3 is 2.39 bits per heavy atom. The Kier molecular flexibility index (Phi) is 6.57. The molecule has 0 unspecified atom stereocenters. The molecule has 1 fully saturated rings. The van der Waals surface area contributed by atoms with Gasteiger partial charge in [-0.05, 0) is 55.7 Å². The minimum atomic E-state index is -3.95. The molecule has 4 rings (SSSR count). The number of amides is 1. The molecule has 1 atom stereocenters. The number of nitrogens with zero attached hydrogens (tertiary/aromatic N) is 3. The van der Waals surface area contributed by atoms with Crippen LogP contribution in [0, 0.1) is 17.6 Å². The predicted molar refractivity (Wildman–Crippen MR) is 118 cm³/mol. The van der Waals surface area contributed by atoms with Crippen LogP contribution in [0.25, 0.3) is 5.69 Å². The summed E-state index contributed by atoms with van der Waals surface area (Å²) in [7, 11) is -3.95. The molecule has 1 saturated heterocycles. The minimum absolute atomic E-state index is 0.132. The van der Waals surface area contributed by atoms with Gasteiger partial charge in [-0.15, -0.1) is 0 Å². The maximum absolute atomic E-state index is 13.5.